The average Bonchev–Trinajstić information content (AvgIpc) is 2.62. The van der Waals surface area contributed by atoms with Crippen LogP contribution in [0.1, 0.15) is 24.9 Å². The van der Waals surface area contributed by atoms with Crippen LogP contribution in [0.4, 0.5) is 13.2 Å². The number of nitrogens with zero attached hydrogens (tertiary/aromatic N) is 1. The van der Waals surface area contributed by atoms with Crippen molar-refractivity contribution in [3.05, 3.63) is 58.7 Å². The first-order valence-electron chi connectivity index (χ1n) is 8.19. The molecule has 0 saturated heterocycles. The summed E-state index contributed by atoms with van der Waals surface area (Å²) >= 11 is 3.34. The van der Waals surface area contributed by atoms with Gasteiger partial charge in [0.05, 0.1) is 13.2 Å². The average molecular weight is 446 g/mol. The number of benzene rings is 1. The molecule has 0 aliphatic carbocycles. The third-order valence-electron chi connectivity index (χ3n) is 4.60. The molecule has 1 amide bonds. The number of carbonyl (C=O) groups is 2. The summed E-state index contributed by atoms with van der Waals surface area (Å²) in [6.07, 6.45) is -1.70. The Kier molecular flexibility index (Phi) is 6.51. The van der Waals surface area contributed by atoms with Crippen LogP contribution >= 0.6 is 15.9 Å². The summed E-state index contributed by atoms with van der Waals surface area (Å²) in [5, 5.41) is 0. The number of esters is 1. The molecule has 146 valence electrons. The Balaban J connectivity index is 2.73. The maximum atomic E-state index is 13.3. The molecule has 1 aliphatic heterocycles. The van der Waals surface area contributed by atoms with Gasteiger partial charge in [-0.25, -0.2) is 4.79 Å². The molecule has 0 saturated carbocycles. The summed E-state index contributed by atoms with van der Waals surface area (Å²) in [4.78, 5) is 25.0. The fourth-order valence-electron chi connectivity index (χ4n) is 3.31. The van der Waals surface area contributed by atoms with Crippen molar-refractivity contribution in [1.82, 2.24) is 4.90 Å². The molecule has 2 rings (SSSR count). The first-order valence-corrected chi connectivity index (χ1v) is 8.98. The number of alkyl halides is 3. The van der Waals surface area contributed by atoms with Gasteiger partial charge >= 0.3 is 18.1 Å². The molecule has 3 unspecified atom stereocenters. The van der Waals surface area contributed by atoms with Crippen molar-refractivity contribution in [1.29, 1.82) is 0 Å². The van der Waals surface area contributed by atoms with Crippen LogP contribution in [0, 0.1) is 11.8 Å². The van der Waals surface area contributed by atoms with Gasteiger partial charge in [-0.3, -0.25) is 9.69 Å². The second-order valence-corrected chi connectivity index (χ2v) is 7.08. The number of methoxy groups -OCH3 is 1. The number of ether oxygens (including phenoxy) is 1. The molecule has 4 nitrogen and oxygen atoms in total. The Bertz CT molecular complexity index is 776. The van der Waals surface area contributed by atoms with Crippen LogP contribution in [-0.4, -0.2) is 30.1 Å². The van der Waals surface area contributed by atoms with Crippen LogP contribution < -0.4 is 0 Å². The molecule has 0 bridgehead atoms. The molecular formula is C19H19BrF3NO3. The van der Waals surface area contributed by atoms with Gasteiger partial charge in [0.15, 0.2) is 0 Å². The highest BCUT2D eigenvalue weighted by Crippen LogP contribution is 2.45. The second-order valence-electron chi connectivity index (χ2n) is 6.23. The van der Waals surface area contributed by atoms with E-state index in [9.17, 15) is 22.8 Å². The van der Waals surface area contributed by atoms with E-state index in [0.717, 1.165) is 7.11 Å². The largest absolute Gasteiger partial charge is 0.471 e. The van der Waals surface area contributed by atoms with Gasteiger partial charge in [-0.1, -0.05) is 47.1 Å². The summed E-state index contributed by atoms with van der Waals surface area (Å²) in [5.41, 5.74) is 0.0664. The van der Waals surface area contributed by atoms with Crippen molar-refractivity contribution < 1.29 is 27.5 Å². The van der Waals surface area contributed by atoms with E-state index in [1.807, 2.05) is 0 Å². The van der Waals surface area contributed by atoms with E-state index < -0.39 is 35.7 Å². The standard InChI is InChI=1S/C19H19BrF3NO3/c1-4-7-12-10-15(17(25)27-3)24(18(26)19(21,22)23)16(11(12)2)13-8-5-6-9-14(13)20/h4-6,8-12,16H,1,7H2,2-3H3. The molecule has 27 heavy (non-hydrogen) atoms. The van der Waals surface area contributed by atoms with Gasteiger partial charge in [-0.2, -0.15) is 13.2 Å². The molecule has 8 heteroatoms. The van der Waals surface area contributed by atoms with E-state index in [1.54, 1.807) is 37.3 Å². The minimum atomic E-state index is -5.14. The molecule has 0 fully saturated rings. The van der Waals surface area contributed by atoms with E-state index in [2.05, 4.69) is 27.2 Å². The molecule has 0 radical (unpaired) electrons. The zero-order chi connectivity index (χ0) is 20.4. The maximum absolute atomic E-state index is 13.3. The van der Waals surface area contributed by atoms with Gasteiger partial charge in [-0.15, -0.1) is 6.58 Å². The lowest BCUT2D eigenvalue weighted by Crippen LogP contribution is -2.49. The lowest BCUT2D eigenvalue weighted by atomic mass is 9.77. The second kappa shape index (κ2) is 8.29. The van der Waals surface area contributed by atoms with E-state index in [-0.39, 0.29) is 5.92 Å². The topological polar surface area (TPSA) is 46.6 Å². The summed E-state index contributed by atoms with van der Waals surface area (Å²) in [6.45, 7) is 5.42. The van der Waals surface area contributed by atoms with Crippen molar-refractivity contribution in [3.8, 4) is 0 Å². The predicted molar refractivity (Wildman–Crippen MR) is 97.4 cm³/mol. The first-order chi connectivity index (χ1) is 12.6. The van der Waals surface area contributed by atoms with Crippen LogP contribution in [0.15, 0.2) is 53.2 Å². The molecule has 1 heterocycles. The van der Waals surface area contributed by atoms with E-state index in [0.29, 0.717) is 21.4 Å². The Hall–Kier alpha value is -2.09. The zero-order valence-electron chi connectivity index (χ0n) is 14.8. The Morgan fingerprint density at radius 1 is 1.33 bits per heavy atom. The summed E-state index contributed by atoms with van der Waals surface area (Å²) in [7, 11) is 1.06. The highest BCUT2D eigenvalue weighted by atomic mass is 79.9. The third kappa shape index (κ3) is 4.26. The molecule has 1 aromatic rings. The fraction of sp³-hybridized carbons (Fsp3) is 0.368. The molecule has 3 atom stereocenters. The maximum Gasteiger partial charge on any atom is 0.471 e. The van der Waals surface area contributed by atoms with Crippen molar-refractivity contribution in [2.24, 2.45) is 11.8 Å². The van der Waals surface area contributed by atoms with Gasteiger partial charge in [0.25, 0.3) is 0 Å². The van der Waals surface area contributed by atoms with Gasteiger partial charge in [0, 0.05) is 4.47 Å². The van der Waals surface area contributed by atoms with Crippen LogP contribution in [0.5, 0.6) is 0 Å². The monoisotopic (exact) mass is 445 g/mol. The molecular weight excluding hydrogens is 427 g/mol. The lowest BCUT2D eigenvalue weighted by Gasteiger charge is -2.43. The summed E-state index contributed by atoms with van der Waals surface area (Å²) < 4.78 is 45.2. The van der Waals surface area contributed by atoms with Gasteiger partial charge in [0.1, 0.15) is 5.70 Å². The Labute approximate surface area is 163 Å². The minimum absolute atomic E-state index is 0.286. The van der Waals surface area contributed by atoms with Gasteiger partial charge < -0.3 is 4.74 Å². The minimum Gasteiger partial charge on any atom is -0.464 e. The van der Waals surface area contributed by atoms with Crippen LogP contribution in [0.3, 0.4) is 0 Å². The third-order valence-corrected chi connectivity index (χ3v) is 5.32. The lowest BCUT2D eigenvalue weighted by molar-refractivity contribution is -0.188. The highest BCUT2D eigenvalue weighted by molar-refractivity contribution is 9.10. The van der Waals surface area contributed by atoms with Crippen molar-refractivity contribution >= 4 is 27.8 Å². The molecule has 1 aromatic carbocycles. The van der Waals surface area contributed by atoms with E-state index in [4.69, 9.17) is 0 Å². The van der Waals surface area contributed by atoms with Crippen LogP contribution in [0.25, 0.3) is 0 Å². The fourth-order valence-corrected chi connectivity index (χ4v) is 3.83. The number of hydrogen-bond acceptors (Lipinski definition) is 3. The molecule has 0 aromatic heterocycles. The number of rotatable bonds is 4. The number of halogens is 4. The van der Waals surface area contributed by atoms with Crippen molar-refractivity contribution in [2.75, 3.05) is 7.11 Å². The van der Waals surface area contributed by atoms with Crippen molar-refractivity contribution in [2.45, 2.75) is 25.6 Å². The van der Waals surface area contributed by atoms with Crippen LogP contribution in [-0.2, 0) is 14.3 Å². The summed E-state index contributed by atoms with van der Waals surface area (Å²) in [6, 6.07) is 5.69. The number of allylic oxidation sites excluding steroid dienone is 2. The first kappa shape index (κ1) is 21.2. The van der Waals surface area contributed by atoms with Crippen molar-refractivity contribution in [3.63, 3.8) is 0 Å². The molecule has 0 N–H and O–H groups in total. The SMILES string of the molecule is C=CCC1C=C(C(=O)OC)N(C(=O)C(F)(F)F)C(c2ccccc2Br)C1C. The molecule has 0 spiro atoms. The Morgan fingerprint density at radius 2 is 1.96 bits per heavy atom. The van der Waals surface area contributed by atoms with E-state index >= 15 is 0 Å². The highest BCUT2D eigenvalue weighted by Gasteiger charge is 2.51. The van der Waals surface area contributed by atoms with Gasteiger partial charge in [-0.05, 0) is 36.0 Å². The number of amides is 1. The van der Waals surface area contributed by atoms with E-state index in [1.165, 1.54) is 6.08 Å². The predicted octanol–water partition coefficient (Wildman–Crippen LogP) is 4.78. The smallest absolute Gasteiger partial charge is 0.464 e. The number of carbonyl (C=O) groups excluding carboxylic acids is 2. The summed E-state index contributed by atoms with van der Waals surface area (Å²) in [5.74, 6) is -3.79. The van der Waals surface area contributed by atoms with Crippen LogP contribution in [0.2, 0.25) is 0 Å². The molecule has 1 aliphatic rings. The quantitative estimate of drug-likeness (QED) is 0.494. The number of hydrogen-bond donors (Lipinski definition) is 0. The Morgan fingerprint density at radius 3 is 2.48 bits per heavy atom. The normalized spacial score (nSPS) is 22.8. The zero-order valence-corrected chi connectivity index (χ0v) is 16.4. The van der Waals surface area contributed by atoms with Gasteiger partial charge in [0.2, 0.25) is 0 Å².